The van der Waals surface area contributed by atoms with E-state index in [4.69, 9.17) is 0 Å². The second kappa shape index (κ2) is 6.58. The van der Waals surface area contributed by atoms with Crippen LogP contribution in [0.3, 0.4) is 0 Å². The van der Waals surface area contributed by atoms with Gasteiger partial charge in [-0.2, -0.15) is 0 Å². The maximum absolute atomic E-state index is 3.59. The number of halogens is 2. The topological polar surface area (TPSA) is 12.0 Å². The number of rotatable bonds is 4. The van der Waals surface area contributed by atoms with Crippen LogP contribution in [-0.2, 0) is 6.42 Å². The molecule has 0 saturated carbocycles. The van der Waals surface area contributed by atoms with E-state index in [-0.39, 0.29) is 6.04 Å². The van der Waals surface area contributed by atoms with Crippen LogP contribution in [0.25, 0.3) is 0 Å². The molecular weight excluding hydrogens is 366 g/mol. The second-order valence-corrected chi connectivity index (χ2v) is 6.41. The van der Waals surface area contributed by atoms with E-state index in [1.807, 2.05) is 6.07 Å². The first kappa shape index (κ1) is 14.6. The molecule has 1 nitrogen and oxygen atoms in total. The number of aryl methyl sites for hydroxylation is 1. The van der Waals surface area contributed by atoms with Crippen molar-refractivity contribution >= 4 is 37.5 Å². The molecule has 2 aromatic carbocycles. The zero-order chi connectivity index (χ0) is 13.8. The minimum absolute atomic E-state index is 0.281. The fourth-order valence-corrected chi connectivity index (χ4v) is 2.91. The van der Waals surface area contributed by atoms with Crippen LogP contribution in [0.5, 0.6) is 0 Å². The Bertz CT molecular complexity index is 566. The van der Waals surface area contributed by atoms with E-state index < -0.39 is 0 Å². The van der Waals surface area contributed by atoms with Crippen LogP contribution in [0.4, 0.5) is 5.69 Å². The highest BCUT2D eigenvalue weighted by molar-refractivity contribution is 9.10. The molecule has 0 radical (unpaired) electrons. The third-order valence-electron chi connectivity index (χ3n) is 3.17. The van der Waals surface area contributed by atoms with Gasteiger partial charge in [-0.25, -0.2) is 0 Å². The van der Waals surface area contributed by atoms with Gasteiger partial charge in [-0.3, -0.25) is 0 Å². The Balaban J connectivity index is 2.21. The number of benzene rings is 2. The average molecular weight is 383 g/mol. The van der Waals surface area contributed by atoms with Gasteiger partial charge < -0.3 is 5.32 Å². The zero-order valence-electron chi connectivity index (χ0n) is 11.1. The third kappa shape index (κ3) is 3.83. The number of nitrogens with one attached hydrogen (secondary N) is 1. The summed E-state index contributed by atoms with van der Waals surface area (Å²) in [5.74, 6) is 0. The quantitative estimate of drug-likeness (QED) is 0.689. The Morgan fingerprint density at radius 3 is 2.47 bits per heavy atom. The van der Waals surface area contributed by atoms with E-state index in [0.29, 0.717) is 0 Å². The van der Waals surface area contributed by atoms with Crippen molar-refractivity contribution in [2.24, 2.45) is 0 Å². The van der Waals surface area contributed by atoms with Gasteiger partial charge in [0.1, 0.15) is 0 Å². The summed E-state index contributed by atoms with van der Waals surface area (Å²) in [6, 6.07) is 15.1. The van der Waals surface area contributed by atoms with E-state index >= 15 is 0 Å². The van der Waals surface area contributed by atoms with E-state index in [9.17, 15) is 0 Å². The van der Waals surface area contributed by atoms with Crippen molar-refractivity contribution in [2.75, 3.05) is 5.32 Å². The van der Waals surface area contributed by atoms with E-state index in [0.717, 1.165) is 15.4 Å². The summed E-state index contributed by atoms with van der Waals surface area (Å²) in [4.78, 5) is 0. The molecule has 1 unspecified atom stereocenters. The number of hydrogen-bond donors (Lipinski definition) is 1. The van der Waals surface area contributed by atoms with Gasteiger partial charge in [0, 0.05) is 20.7 Å². The van der Waals surface area contributed by atoms with Crippen LogP contribution in [0.1, 0.15) is 31.0 Å². The van der Waals surface area contributed by atoms with Crippen LogP contribution in [-0.4, -0.2) is 0 Å². The molecule has 0 aliphatic rings. The number of hydrogen-bond acceptors (Lipinski definition) is 1. The lowest BCUT2D eigenvalue weighted by Crippen LogP contribution is -2.08. The van der Waals surface area contributed by atoms with E-state index in [1.54, 1.807) is 0 Å². The molecule has 2 aromatic rings. The van der Waals surface area contributed by atoms with Crippen molar-refractivity contribution < 1.29 is 0 Å². The first-order chi connectivity index (χ1) is 9.10. The molecule has 0 heterocycles. The van der Waals surface area contributed by atoms with Crippen molar-refractivity contribution in [1.82, 2.24) is 0 Å². The van der Waals surface area contributed by atoms with Gasteiger partial charge in [0.15, 0.2) is 0 Å². The van der Waals surface area contributed by atoms with Gasteiger partial charge in [0.05, 0.1) is 0 Å². The molecule has 100 valence electrons. The molecule has 0 fully saturated rings. The minimum atomic E-state index is 0.281. The molecule has 1 N–H and O–H groups in total. The standard InChI is InChI=1S/C16H17Br2N/c1-3-12-9-15(18)7-8-16(12)19-11(2)13-5-4-6-14(17)10-13/h4-11,19H,3H2,1-2H3. The van der Waals surface area contributed by atoms with Crippen LogP contribution in [0.2, 0.25) is 0 Å². The maximum atomic E-state index is 3.59. The Kier molecular flexibility index (Phi) is 5.06. The SMILES string of the molecule is CCc1cc(Br)ccc1NC(C)c1cccc(Br)c1. The zero-order valence-corrected chi connectivity index (χ0v) is 14.3. The van der Waals surface area contributed by atoms with Crippen molar-refractivity contribution in [3.63, 3.8) is 0 Å². The lowest BCUT2D eigenvalue weighted by molar-refractivity contribution is 0.878. The lowest BCUT2D eigenvalue weighted by atomic mass is 10.1. The molecule has 0 aliphatic carbocycles. The largest absolute Gasteiger partial charge is 0.378 e. The first-order valence-corrected chi connectivity index (χ1v) is 7.99. The predicted molar refractivity (Wildman–Crippen MR) is 89.7 cm³/mol. The van der Waals surface area contributed by atoms with E-state index in [2.05, 4.69) is 87.4 Å². The van der Waals surface area contributed by atoms with Gasteiger partial charge in [-0.1, -0.05) is 50.9 Å². The molecule has 0 aliphatic heterocycles. The summed E-state index contributed by atoms with van der Waals surface area (Å²) in [5, 5.41) is 3.59. The molecule has 3 heteroatoms. The predicted octanol–water partition coefficient (Wildman–Crippen LogP) is 5.95. The monoisotopic (exact) mass is 381 g/mol. The van der Waals surface area contributed by atoms with Gasteiger partial charge in [-0.15, -0.1) is 0 Å². The third-order valence-corrected chi connectivity index (χ3v) is 4.16. The van der Waals surface area contributed by atoms with Crippen LogP contribution >= 0.6 is 31.9 Å². The summed E-state index contributed by atoms with van der Waals surface area (Å²) < 4.78 is 2.25. The summed E-state index contributed by atoms with van der Waals surface area (Å²) in [5.41, 5.74) is 3.81. The van der Waals surface area contributed by atoms with Gasteiger partial charge in [-0.05, 0) is 54.8 Å². The van der Waals surface area contributed by atoms with Crippen LogP contribution in [0, 0.1) is 0 Å². The average Bonchev–Trinajstić information content (AvgIpc) is 2.40. The van der Waals surface area contributed by atoms with Crippen LogP contribution in [0.15, 0.2) is 51.4 Å². The summed E-state index contributed by atoms with van der Waals surface area (Å²) in [6.07, 6.45) is 1.02. The molecule has 0 aromatic heterocycles. The second-order valence-electron chi connectivity index (χ2n) is 4.58. The Labute approximate surface area is 131 Å². The summed E-state index contributed by atoms with van der Waals surface area (Å²) >= 11 is 7.04. The van der Waals surface area contributed by atoms with Crippen LogP contribution < -0.4 is 5.32 Å². The molecule has 1 atom stereocenters. The molecule has 2 rings (SSSR count). The van der Waals surface area contributed by atoms with Crippen molar-refractivity contribution in [3.05, 3.63) is 62.5 Å². The normalized spacial score (nSPS) is 12.2. The molecule has 0 amide bonds. The summed E-state index contributed by atoms with van der Waals surface area (Å²) in [7, 11) is 0. The molecule has 0 bridgehead atoms. The maximum Gasteiger partial charge on any atom is 0.0486 e. The van der Waals surface area contributed by atoms with Crippen molar-refractivity contribution in [3.8, 4) is 0 Å². The Morgan fingerprint density at radius 1 is 1.05 bits per heavy atom. The first-order valence-electron chi connectivity index (χ1n) is 6.40. The smallest absolute Gasteiger partial charge is 0.0486 e. The van der Waals surface area contributed by atoms with Gasteiger partial charge in [0.25, 0.3) is 0 Å². The highest BCUT2D eigenvalue weighted by Gasteiger charge is 2.08. The molecule has 0 spiro atoms. The van der Waals surface area contributed by atoms with E-state index in [1.165, 1.54) is 16.8 Å². The minimum Gasteiger partial charge on any atom is -0.378 e. The van der Waals surface area contributed by atoms with Gasteiger partial charge in [0.2, 0.25) is 0 Å². The molecule has 19 heavy (non-hydrogen) atoms. The van der Waals surface area contributed by atoms with Crippen molar-refractivity contribution in [2.45, 2.75) is 26.3 Å². The fourth-order valence-electron chi connectivity index (χ4n) is 2.09. The lowest BCUT2D eigenvalue weighted by Gasteiger charge is -2.18. The fraction of sp³-hybridized carbons (Fsp3) is 0.250. The Hall–Kier alpha value is -0.800. The van der Waals surface area contributed by atoms with Crippen molar-refractivity contribution in [1.29, 1.82) is 0 Å². The highest BCUT2D eigenvalue weighted by atomic mass is 79.9. The highest BCUT2D eigenvalue weighted by Crippen LogP contribution is 2.26. The van der Waals surface area contributed by atoms with Gasteiger partial charge >= 0.3 is 0 Å². The Morgan fingerprint density at radius 2 is 1.79 bits per heavy atom. The summed E-state index contributed by atoms with van der Waals surface area (Å²) in [6.45, 7) is 4.36. The molecular formula is C16H17Br2N. The number of anilines is 1. The molecule has 0 saturated heterocycles.